The second-order valence-corrected chi connectivity index (χ2v) is 11.6. The molecule has 0 amide bonds. The van der Waals surface area contributed by atoms with E-state index in [4.69, 9.17) is 9.47 Å². The molecule has 0 spiro atoms. The standard InChI is InChI=1S/C35H45FN2O3/c1-4-25-14-16-37(17-15-25)18-19-41-35-13-6-26(20-33(35)36)24-38(5-2)34-23-31(40-3)11-12-32(34)29-8-7-28-22-30(39)10-9-27(28)21-29/h6,9-13,20,22-23,25,29,39H,4-5,7-8,14-19,21,24H2,1-3H3. The highest BCUT2D eigenvalue weighted by molar-refractivity contribution is 5.60. The van der Waals surface area contributed by atoms with E-state index >= 15 is 4.39 Å². The Morgan fingerprint density at radius 2 is 1.80 bits per heavy atom. The van der Waals surface area contributed by atoms with E-state index in [9.17, 15) is 5.11 Å². The molecule has 3 aromatic carbocycles. The zero-order valence-corrected chi connectivity index (χ0v) is 24.9. The van der Waals surface area contributed by atoms with Gasteiger partial charge in [0.1, 0.15) is 18.1 Å². The fraction of sp³-hybridized carbons (Fsp3) is 0.486. The van der Waals surface area contributed by atoms with Crippen LogP contribution in [0.4, 0.5) is 10.1 Å². The highest BCUT2D eigenvalue weighted by Crippen LogP contribution is 2.40. The molecule has 0 aromatic heterocycles. The van der Waals surface area contributed by atoms with E-state index in [0.29, 0.717) is 30.6 Å². The van der Waals surface area contributed by atoms with Crippen molar-refractivity contribution in [2.45, 2.75) is 64.8 Å². The van der Waals surface area contributed by atoms with E-state index in [0.717, 1.165) is 68.4 Å². The van der Waals surface area contributed by atoms with Gasteiger partial charge in [0.05, 0.1) is 7.11 Å². The van der Waals surface area contributed by atoms with Crippen LogP contribution in [0.3, 0.4) is 0 Å². The highest BCUT2D eigenvalue weighted by atomic mass is 19.1. The van der Waals surface area contributed by atoms with E-state index < -0.39 is 0 Å². The third-order valence-electron chi connectivity index (χ3n) is 9.14. The number of anilines is 1. The fourth-order valence-electron chi connectivity index (χ4n) is 6.53. The van der Waals surface area contributed by atoms with Crippen molar-refractivity contribution in [3.8, 4) is 17.2 Å². The maximum atomic E-state index is 15.1. The van der Waals surface area contributed by atoms with E-state index in [2.05, 4.69) is 41.8 Å². The predicted octanol–water partition coefficient (Wildman–Crippen LogP) is 7.34. The van der Waals surface area contributed by atoms with Crippen LogP contribution >= 0.6 is 0 Å². The molecule has 6 heteroatoms. The molecule has 1 fully saturated rings. The van der Waals surface area contributed by atoms with E-state index in [1.165, 1.54) is 36.0 Å². The first-order valence-corrected chi connectivity index (χ1v) is 15.3. The quantitative estimate of drug-likeness (QED) is 0.266. The zero-order chi connectivity index (χ0) is 28.8. The SMILES string of the molecule is CCC1CCN(CCOc2ccc(CN(CC)c3cc(OC)ccc3C3CCc4cc(O)ccc4C3)cc2F)CC1. The average Bonchev–Trinajstić information content (AvgIpc) is 3.00. The smallest absolute Gasteiger partial charge is 0.165 e. The molecule has 1 aliphatic heterocycles. The van der Waals surface area contributed by atoms with Crippen molar-refractivity contribution in [1.82, 2.24) is 4.90 Å². The maximum absolute atomic E-state index is 15.1. The Bertz CT molecular complexity index is 1300. The lowest BCUT2D eigenvalue weighted by atomic mass is 9.79. The molecule has 3 aromatic rings. The Kier molecular flexibility index (Phi) is 9.71. The molecule has 0 radical (unpaired) electrons. The minimum atomic E-state index is -0.304. The molecule has 1 N–H and O–H groups in total. The molecule has 5 nitrogen and oxygen atoms in total. The molecule has 1 atom stereocenters. The van der Waals surface area contributed by atoms with E-state index in [1.807, 2.05) is 18.2 Å². The lowest BCUT2D eigenvalue weighted by Crippen LogP contribution is -2.36. The van der Waals surface area contributed by atoms with Crippen LogP contribution in [-0.2, 0) is 19.4 Å². The van der Waals surface area contributed by atoms with Crippen LogP contribution in [0.25, 0.3) is 0 Å². The lowest BCUT2D eigenvalue weighted by Gasteiger charge is -2.32. The van der Waals surface area contributed by atoms with Gasteiger partial charge in [-0.15, -0.1) is 0 Å². The van der Waals surface area contributed by atoms with Crippen molar-refractivity contribution in [3.05, 3.63) is 82.7 Å². The number of fused-ring (bicyclic) bond motifs is 1. The van der Waals surface area contributed by atoms with Gasteiger partial charge in [-0.3, -0.25) is 4.90 Å². The van der Waals surface area contributed by atoms with Gasteiger partial charge in [-0.1, -0.05) is 31.5 Å². The van der Waals surface area contributed by atoms with Gasteiger partial charge in [0.15, 0.2) is 11.6 Å². The first-order valence-electron chi connectivity index (χ1n) is 15.3. The van der Waals surface area contributed by atoms with Crippen molar-refractivity contribution in [1.29, 1.82) is 0 Å². The summed E-state index contributed by atoms with van der Waals surface area (Å²) in [6.45, 7) is 9.36. The molecule has 5 rings (SSSR count). The van der Waals surface area contributed by atoms with E-state index in [-0.39, 0.29) is 5.82 Å². The van der Waals surface area contributed by atoms with Gasteiger partial charge in [0.25, 0.3) is 0 Å². The number of hydrogen-bond acceptors (Lipinski definition) is 5. The number of methoxy groups -OCH3 is 1. The molecule has 1 unspecified atom stereocenters. The molecule has 41 heavy (non-hydrogen) atoms. The van der Waals surface area contributed by atoms with E-state index in [1.54, 1.807) is 25.3 Å². The summed E-state index contributed by atoms with van der Waals surface area (Å²) in [5, 5.41) is 9.91. The topological polar surface area (TPSA) is 45.2 Å². The van der Waals surface area contributed by atoms with Gasteiger partial charge in [-0.2, -0.15) is 0 Å². The Morgan fingerprint density at radius 3 is 2.54 bits per heavy atom. The van der Waals surface area contributed by atoms with Gasteiger partial charge in [0.2, 0.25) is 0 Å². The predicted molar refractivity (Wildman–Crippen MR) is 164 cm³/mol. The minimum absolute atomic E-state index is 0.304. The summed E-state index contributed by atoms with van der Waals surface area (Å²) in [6.07, 6.45) is 6.66. The Morgan fingerprint density at radius 1 is 0.976 bits per heavy atom. The first kappa shape index (κ1) is 29.2. The Hall–Kier alpha value is -3.25. The number of aromatic hydroxyl groups is 1. The summed E-state index contributed by atoms with van der Waals surface area (Å²) in [7, 11) is 1.69. The third kappa shape index (κ3) is 7.16. The van der Waals surface area contributed by atoms with Crippen LogP contribution < -0.4 is 14.4 Å². The second-order valence-electron chi connectivity index (χ2n) is 11.6. The summed E-state index contributed by atoms with van der Waals surface area (Å²) < 4.78 is 26.6. The normalized spacial score (nSPS) is 17.7. The molecule has 220 valence electrons. The van der Waals surface area contributed by atoms with Crippen molar-refractivity contribution in [3.63, 3.8) is 0 Å². The number of piperidine rings is 1. The van der Waals surface area contributed by atoms with Crippen molar-refractivity contribution in [2.75, 3.05) is 44.8 Å². The molecule has 1 heterocycles. The molecular weight excluding hydrogens is 515 g/mol. The molecular formula is C35H45FN2O3. The van der Waals surface area contributed by atoms with Crippen LogP contribution in [0.1, 0.15) is 67.7 Å². The van der Waals surface area contributed by atoms with Crippen molar-refractivity contribution >= 4 is 5.69 Å². The van der Waals surface area contributed by atoms with Gasteiger partial charge in [0, 0.05) is 31.4 Å². The maximum Gasteiger partial charge on any atom is 0.165 e. The number of rotatable bonds is 11. The van der Waals surface area contributed by atoms with Crippen molar-refractivity contribution in [2.24, 2.45) is 5.92 Å². The van der Waals surface area contributed by atoms with Crippen LogP contribution in [0.15, 0.2) is 54.6 Å². The number of halogens is 1. The largest absolute Gasteiger partial charge is 0.508 e. The van der Waals surface area contributed by atoms with Gasteiger partial charge in [-0.25, -0.2) is 4.39 Å². The number of ether oxygens (including phenoxy) is 2. The fourth-order valence-corrected chi connectivity index (χ4v) is 6.53. The van der Waals surface area contributed by atoms with Crippen LogP contribution in [0.2, 0.25) is 0 Å². The van der Waals surface area contributed by atoms with Crippen LogP contribution in [0, 0.1) is 11.7 Å². The number of hydrogen-bond donors (Lipinski definition) is 1. The summed E-state index contributed by atoms with van der Waals surface area (Å²) in [5.41, 5.74) is 5.87. The monoisotopic (exact) mass is 560 g/mol. The lowest BCUT2D eigenvalue weighted by molar-refractivity contribution is 0.151. The third-order valence-corrected chi connectivity index (χ3v) is 9.14. The number of aryl methyl sites for hydroxylation is 1. The number of likely N-dealkylation sites (tertiary alicyclic amines) is 1. The van der Waals surface area contributed by atoms with Gasteiger partial charge >= 0.3 is 0 Å². The number of benzene rings is 3. The molecule has 0 bridgehead atoms. The van der Waals surface area contributed by atoms with Gasteiger partial charge < -0.3 is 19.5 Å². The number of phenols is 1. The Balaban J connectivity index is 1.26. The minimum Gasteiger partial charge on any atom is -0.508 e. The van der Waals surface area contributed by atoms with Gasteiger partial charge in [-0.05, 0) is 117 Å². The second kappa shape index (κ2) is 13.6. The number of phenolic OH excluding ortho intramolecular Hbond substituents is 1. The Labute approximate surface area is 244 Å². The molecule has 2 aliphatic rings. The highest BCUT2D eigenvalue weighted by Gasteiger charge is 2.25. The van der Waals surface area contributed by atoms with Crippen LogP contribution in [0.5, 0.6) is 17.2 Å². The summed E-state index contributed by atoms with van der Waals surface area (Å²) >= 11 is 0. The van der Waals surface area contributed by atoms with Crippen LogP contribution in [-0.4, -0.2) is 49.9 Å². The molecule has 1 saturated heterocycles. The molecule has 0 saturated carbocycles. The van der Waals surface area contributed by atoms with Crippen molar-refractivity contribution < 1.29 is 19.0 Å². The summed E-state index contributed by atoms with van der Waals surface area (Å²) in [4.78, 5) is 4.73. The average molecular weight is 561 g/mol. The summed E-state index contributed by atoms with van der Waals surface area (Å²) in [5.74, 6) is 2.39. The first-order chi connectivity index (χ1) is 20.0. The zero-order valence-electron chi connectivity index (χ0n) is 24.9. The summed E-state index contributed by atoms with van der Waals surface area (Å²) in [6, 6.07) is 17.5. The number of nitrogens with zero attached hydrogens (tertiary/aromatic N) is 2. The molecule has 1 aliphatic carbocycles.